The molecule has 26 heavy (non-hydrogen) atoms. The molecule has 0 aliphatic heterocycles. The monoisotopic (exact) mass is 379 g/mol. The fourth-order valence-electron chi connectivity index (χ4n) is 4.40. The van der Waals surface area contributed by atoms with Gasteiger partial charge in [0.2, 0.25) is 5.91 Å². The molecule has 3 rings (SSSR count). The Balaban J connectivity index is 0.00000243. The van der Waals surface area contributed by atoms with Crippen LogP contribution in [0.4, 0.5) is 0 Å². The molecule has 5 nitrogen and oxygen atoms in total. The van der Waals surface area contributed by atoms with Crippen molar-refractivity contribution in [3.8, 4) is 0 Å². The number of aryl methyl sites for hydroxylation is 1. The molecule has 2 fully saturated rings. The van der Waals surface area contributed by atoms with E-state index in [0.29, 0.717) is 30.5 Å². The number of nitrogens with one attached hydrogen (secondary N) is 2. The summed E-state index contributed by atoms with van der Waals surface area (Å²) in [4.78, 5) is 24.5. The Morgan fingerprint density at radius 1 is 1.12 bits per heavy atom. The molecule has 0 radical (unpaired) electrons. The van der Waals surface area contributed by atoms with Crippen molar-refractivity contribution in [3.63, 3.8) is 0 Å². The molecule has 1 aromatic rings. The smallest absolute Gasteiger partial charge is 0.251 e. The lowest BCUT2D eigenvalue weighted by Crippen LogP contribution is -2.49. The summed E-state index contributed by atoms with van der Waals surface area (Å²) in [6, 6.07) is 7.77. The van der Waals surface area contributed by atoms with E-state index in [-0.39, 0.29) is 36.2 Å². The van der Waals surface area contributed by atoms with Crippen LogP contribution in [0.1, 0.15) is 48.0 Å². The first-order valence-corrected chi connectivity index (χ1v) is 9.42. The molecule has 0 aromatic heterocycles. The lowest BCUT2D eigenvalue weighted by molar-refractivity contribution is -0.127. The maximum Gasteiger partial charge on any atom is 0.251 e. The summed E-state index contributed by atoms with van der Waals surface area (Å²) in [6.07, 6.45) is 5.41. The van der Waals surface area contributed by atoms with E-state index >= 15 is 0 Å². The van der Waals surface area contributed by atoms with Crippen molar-refractivity contribution in [1.29, 1.82) is 0 Å². The molecule has 4 N–H and O–H groups in total. The molecule has 2 saturated carbocycles. The Morgan fingerprint density at radius 3 is 2.42 bits per heavy atom. The first-order valence-electron chi connectivity index (χ1n) is 9.42. The quantitative estimate of drug-likeness (QED) is 0.687. The molecule has 2 aliphatic carbocycles. The van der Waals surface area contributed by atoms with Crippen molar-refractivity contribution in [2.75, 3.05) is 13.1 Å². The molecule has 0 spiro atoms. The van der Waals surface area contributed by atoms with Crippen LogP contribution in [0.25, 0.3) is 0 Å². The Hall–Kier alpha value is -1.59. The SMILES string of the molecule is Cc1cccc(C(=O)NCCNC(=O)C2CC3CCCC(C2)C3N)c1.Cl. The number of hydrogen-bond donors (Lipinski definition) is 3. The normalized spacial score (nSPS) is 27.2. The minimum Gasteiger partial charge on any atom is -0.354 e. The lowest BCUT2D eigenvalue weighted by atomic mass is 9.65. The summed E-state index contributed by atoms with van der Waals surface area (Å²) in [7, 11) is 0. The van der Waals surface area contributed by atoms with Gasteiger partial charge in [-0.25, -0.2) is 0 Å². The van der Waals surface area contributed by atoms with E-state index in [1.54, 1.807) is 6.07 Å². The lowest BCUT2D eigenvalue weighted by Gasteiger charge is -2.43. The maximum absolute atomic E-state index is 12.4. The summed E-state index contributed by atoms with van der Waals surface area (Å²) in [5.74, 6) is 1.11. The van der Waals surface area contributed by atoms with E-state index < -0.39 is 0 Å². The summed E-state index contributed by atoms with van der Waals surface area (Å²) >= 11 is 0. The fraction of sp³-hybridized carbons (Fsp3) is 0.600. The second-order valence-corrected chi connectivity index (χ2v) is 7.61. The second-order valence-electron chi connectivity index (χ2n) is 7.61. The fourth-order valence-corrected chi connectivity index (χ4v) is 4.40. The number of halogens is 1. The summed E-state index contributed by atoms with van der Waals surface area (Å²) in [6.45, 7) is 2.87. The van der Waals surface area contributed by atoms with Crippen LogP contribution in [0.3, 0.4) is 0 Å². The summed E-state index contributed by atoms with van der Waals surface area (Å²) < 4.78 is 0. The molecule has 2 amide bonds. The number of hydrogen-bond acceptors (Lipinski definition) is 3. The second kappa shape index (κ2) is 9.38. The first-order chi connectivity index (χ1) is 12.0. The average molecular weight is 380 g/mol. The largest absolute Gasteiger partial charge is 0.354 e. The summed E-state index contributed by atoms with van der Waals surface area (Å²) in [5.41, 5.74) is 8.00. The van der Waals surface area contributed by atoms with E-state index in [1.807, 2.05) is 25.1 Å². The van der Waals surface area contributed by atoms with Gasteiger partial charge in [-0.3, -0.25) is 9.59 Å². The molecular formula is C20H30ClN3O2. The highest BCUT2D eigenvalue weighted by molar-refractivity contribution is 5.94. The maximum atomic E-state index is 12.4. The van der Waals surface area contributed by atoms with Gasteiger partial charge in [-0.1, -0.05) is 24.1 Å². The van der Waals surface area contributed by atoms with E-state index in [4.69, 9.17) is 5.73 Å². The Bertz CT molecular complexity index is 623. The minimum absolute atomic E-state index is 0. The molecule has 2 aliphatic rings. The predicted molar refractivity (Wildman–Crippen MR) is 105 cm³/mol. The molecular weight excluding hydrogens is 350 g/mol. The predicted octanol–water partition coefficient (Wildman–Crippen LogP) is 2.42. The van der Waals surface area contributed by atoms with Crippen LogP contribution in [0.15, 0.2) is 24.3 Å². The van der Waals surface area contributed by atoms with Gasteiger partial charge in [0, 0.05) is 30.6 Å². The molecule has 1 aromatic carbocycles. The van der Waals surface area contributed by atoms with Crippen LogP contribution in [0.5, 0.6) is 0 Å². The van der Waals surface area contributed by atoms with E-state index in [1.165, 1.54) is 6.42 Å². The molecule has 0 saturated heterocycles. The summed E-state index contributed by atoms with van der Waals surface area (Å²) in [5, 5.41) is 5.84. The van der Waals surface area contributed by atoms with E-state index in [0.717, 1.165) is 31.2 Å². The van der Waals surface area contributed by atoms with Crippen LogP contribution < -0.4 is 16.4 Å². The standard InChI is InChI=1S/C20H29N3O2.ClH/c1-13-4-2-7-16(10-13)19(24)22-8-9-23-20(25)17-11-14-5-3-6-15(12-17)18(14)21;/h2,4,7,10,14-15,17-18H,3,5-6,8-9,11-12,21H2,1H3,(H,22,24)(H,23,25);1H. The zero-order valence-corrected chi connectivity index (χ0v) is 16.2. The van der Waals surface area contributed by atoms with Crippen molar-refractivity contribution in [1.82, 2.24) is 10.6 Å². The van der Waals surface area contributed by atoms with Gasteiger partial charge >= 0.3 is 0 Å². The molecule has 2 atom stereocenters. The van der Waals surface area contributed by atoms with Crippen LogP contribution in [-0.4, -0.2) is 30.9 Å². The van der Waals surface area contributed by atoms with Gasteiger partial charge in [-0.2, -0.15) is 0 Å². The molecule has 2 unspecified atom stereocenters. The minimum atomic E-state index is -0.101. The van der Waals surface area contributed by atoms with Crippen LogP contribution in [0, 0.1) is 24.7 Å². The molecule has 0 heterocycles. The Labute approximate surface area is 161 Å². The van der Waals surface area contributed by atoms with Gasteiger partial charge in [0.1, 0.15) is 0 Å². The van der Waals surface area contributed by atoms with Gasteiger partial charge < -0.3 is 16.4 Å². The van der Waals surface area contributed by atoms with Crippen LogP contribution in [-0.2, 0) is 4.79 Å². The number of nitrogens with two attached hydrogens (primary N) is 1. The van der Waals surface area contributed by atoms with Gasteiger partial charge in [-0.05, 0) is 56.6 Å². The number of fused-ring (bicyclic) bond motifs is 2. The number of rotatable bonds is 5. The average Bonchev–Trinajstić information content (AvgIpc) is 2.58. The van der Waals surface area contributed by atoms with Gasteiger partial charge in [-0.15, -0.1) is 12.4 Å². The van der Waals surface area contributed by atoms with Gasteiger partial charge in [0.25, 0.3) is 5.91 Å². The third-order valence-corrected chi connectivity index (χ3v) is 5.77. The third-order valence-electron chi connectivity index (χ3n) is 5.77. The number of benzene rings is 1. The number of carbonyl (C=O) groups is 2. The van der Waals surface area contributed by atoms with Crippen molar-refractivity contribution in [2.45, 2.75) is 45.1 Å². The van der Waals surface area contributed by atoms with E-state index in [2.05, 4.69) is 10.6 Å². The Morgan fingerprint density at radius 2 is 1.77 bits per heavy atom. The van der Waals surface area contributed by atoms with Crippen molar-refractivity contribution in [2.24, 2.45) is 23.5 Å². The highest BCUT2D eigenvalue weighted by Gasteiger charge is 2.40. The number of amides is 2. The van der Waals surface area contributed by atoms with Gasteiger partial charge in [0.05, 0.1) is 0 Å². The van der Waals surface area contributed by atoms with Crippen molar-refractivity contribution in [3.05, 3.63) is 35.4 Å². The zero-order valence-electron chi connectivity index (χ0n) is 15.4. The molecule has 144 valence electrons. The molecule has 2 bridgehead atoms. The highest BCUT2D eigenvalue weighted by Crippen LogP contribution is 2.41. The van der Waals surface area contributed by atoms with Crippen molar-refractivity contribution < 1.29 is 9.59 Å². The zero-order chi connectivity index (χ0) is 17.8. The van der Waals surface area contributed by atoms with E-state index in [9.17, 15) is 9.59 Å². The van der Waals surface area contributed by atoms with Gasteiger partial charge in [0.15, 0.2) is 0 Å². The Kier molecular flexibility index (Phi) is 7.47. The highest BCUT2D eigenvalue weighted by atomic mass is 35.5. The third kappa shape index (κ3) is 4.98. The first kappa shape index (κ1) is 20.7. The number of carbonyl (C=O) groups excluding carboxylic acids is 2. The molecule has 6 heteroatoms. The van der Waals surface area contributed by atoms with Crippen LogP contribution >= 0.6 is 12.4 Å². The van der Waals surface area contributed by atoms with Crippen molar-refractivity contribution >= 4 is 24.2 Å². The topological polar surface area (TPSA) is 84.2 Å². The van der Waals surface area contributed by atoms with Crippen LogP contribution in [0.2, 0.25) is 0 Å².